The number of anilines is 2. The van der Waals surface area contributed by atoms with Gasteiger partial charge in [0.25, 0.3) is 0 Å². The van der Waals surface area contributed by atoms with Gasteiger partial charge in [0, 0.05) is 12.8 Å². The van der Waals surface area contributed by atoms with Crippen LogP contribution in [0.3, 0.4) is 0 Å². The van der Waals surface area contributed by atoms with Gasteiger partial charge in [0.2, 0.25) is 15.9 Å². The van der Waals surface area contributed by atoms with Gasteiger partial charge in [-0.05, 0) is 35.9 Å². The van der Waals surface area contributed by atoms with E-state index in [0.717, 1.165) is 28.3 Å². The van der Waals surface area contributed by atoms with Crippen LogP contribution in [0.2, 0.25) is 5.02 Å². The van der Waals surface area contributed by atoms with Crippen LogP contribution in [0.25, 0.3) is 0 Å². The monoisotopic (exact) mass is 400 g/mol. The molecule has 2 aromatic carbocycles. The third-order valence-corrected chi connectivity index (χ3v) is 4.83. The molecule has 0 aromatic heterocycles. The normalized spacial score (nSPS) is 11.2. The second-order valence-electron chi connectivity index (χ2n) is 5.55. The first-order valence-electron chi connectivity index (χ1n) is 7.51. The van der Waals surface area contributed by atoms with Crippen molar-refractivity contribution in [2.24, 2.45) is 0 Å². The summed E-state index contributed by atoms with van der Waals surface area (Å²) in [5.74, 6) is -1.23. The maximum Gasteiger partial charge on any atom is 0.245 e. The summed E-state index contributed by atoms with van der Waals surface area (Å²) < 4.78 is 43.3. The number of ether oxygens (including phenoxy) is 1. The van der Waals surface area contributed by atoms with Crippen molar-refractivity contribution in [3.8, 4) is 0 Å². The number of nitrogens with zero attached hydrogens (tertiary/aromatic N) is 1. The highest BCUT2D eigenvalue weighted by molar-refractivity contribution is 7.92. The minimum atomic E-state index is -3.78. The Morgan fingerprint density at radius 3 is 2.62 bits per heavy atom. The summed E-state index contributed by atoms with van der Waals surface area (Å²) in [7, 11) is -2.22. The summed E-state index contributed by atoms with van der Waals surface area (Å²) in [4.78, 5) is 12.3. The molecule has 0 aliphatic heterocycles. The van der Waals surface area contributed by atoms with Gasteiger partial charge in [0.05, 0.1) is 23.6 Å². The van der Waals surface area contributed by atoms with Gasteiger partial charge in [-0.15, -0.1) is 0 Å². The molecule has 0 spiro atoms. The lowest BCUT2D eigenvalue weighted by Gasteiger charge is -2.22. The van der Waals surface area contributed by atoms with Crippen LogP contribution in [-0.2, 0) is 26.2 Å². The number of halogens is 2. The molecule has 0 saturated carbocycles. The predicted octanol–water partition coefficient (Wildman–Crippen LogP) is 3.03. The molecule has 1 N–H and O–H groups in total. The molecule has 0 saturated heterocycles. The topological polar surface area (TPSA) is 75.7 Å². The van der Waals surface area contributed by atoms with Crippen molar-refractivity contribution in [2.45, 2.75) is 6.61 Å². The smallest absolute Gasteiger partial charge is 0.245 e. The Hall–Kier alpha value is -2.16. The molecule has 6 nitrogen and oxygen atoms in total. The Morgan fingerprint density at radius 1 is 1.27 bits per heavy atom. The quantitative estimate of drug-likeness (QED) is 0.775. The largest absolute Gasteiger partial charge is 0.380 e. The van der Waals surface area contributed by atoms with E-state index in [1.54, 1.807) is 25.3 Å². The number of nitrogens with one attached hydrogen (secondary N) is 1. The summed E-state index contributed by atoms with van der Waals surface area (Å²) in [6.45, 7) is -0.0947. The van der Waals surface area contributed by atoms with Gasteiger partial charge < -0.3 is 10.1 Å². The van der Waals surface area contributed by atoms with Crippen LogP contribution in [0, 0.1) is 5.82 Å². The molecule has 2 aromatic rings. The second-order valence-corrected chi connectivity index (χ2v) is 7.86. The van der Waals surface area contributed by atoms with Gasteiger partial charge in [-0.2, -0.15) is 0 Å². The van der Waals surface area contributed by atoms with Crippen LogP contribution < -0.4 is 9.62 Å². The van der Waals surface area contributed by atoms with Gasteiger partial charge in [0.15, 0.2) is 0 Å². The second kappa shape index (κ2) is 8.48. The molecule has 140 valence electrons. The van der Waals surface area contributed by atoms with Crippen molar-refractivity contribution in [2.75, 3.05) is 29.5 Å². The van der Waals surface area contributed by atoms with E-state index >= 15 is 0 Å². The number of hydrogen-bond acceptors (Lipinski definition) is 4. The zero-order chi connectivity index (χ0) is 19.3. The lowest BCUT2D eigenvalue weighted by Crippen LogP contribution is -2.37. The van der Waals surface area contributed by atoms with E-state index in [9.17, 15) is 17.6 Å². The molecule has 0 aliphatic carbocycles. The van der Waals surface area contributed by atoms with Crippen molar-refractivity contribution >= 4 is 38.9 Å². The number of carbonyl (C=O) groups excluding carboxylic acids is 1. The lowest BCUT2D eigenvalue weighted by molar-refractivity contribution is -0.114. The fraction of sp³-hybridized carbons (Fsp3) is 0.235. The Kier molecular flexibility index (Phi) is 6.57. The first-order valence-corrected chi connectivity index (χ1v) is 9.74. The molecule has 0 bridgehead atoms. The molecule has 0 atom stereocenters. The molecular formula is C17H18ClFN2O4S. The van der Waals surface area contributed by atoms with Gasteiger partial charge in [-0.1, -0.05) is 23.7 Å². The first kappa shape index (κ1) is 20.2. The molecule has 0 aliphatic rings. The first-order chi connectivity index (χ1) is 12.2. The number of carbonyl (C=O) groups is 1. The fourth-order valence-electron chi connectivity index (χ4n) is 2.28. The van der Waals surface area contributed by atoms with Crippen molar-refractivity contribution in [1.82, 2.24) is 0 Å². The van der Waals surface area contributed by atoms with E-state index < -0.39 is 28.3 Å². The van der Waals surface area contributed by atoms with E-state index in [1.807, 2.05) is 6.07 Å². The Balaban J connectivity index is 2.19. The highest BCUT2D eigenvalue weighted by Gasteiger charge is 2.22. The van der Waals surface area contributed by atoms with Crippen molar-refractivity contribution < 1.29 is 22.3 Å². The Bertz CT molecular complexity index is 905. The molecular weight excluding hydrogens is 383 g/mol. The van der Waals surface area contributed by atoms with Crippen molar-refractivity contribution in [3.63, 3.8) is 0 Å². The summed E-state index contributed by atoms with van der Waals surface area (Å²) >= 11 is 5.71. The molecule has 0 radical (unpaired) electrons. The average Bonchev–Trinajstić information content (AvgIpc) is 2.55. The third-order valence-electron chi connectivity index (χ3n) is 3.40. The Morgan fingerprint density at radius 2 is 2.00 bits per heavy atom. The molecule has 2 rings (SSSR count). The summed E-state index contributed by atoms with van der Waals surface area (Å²) in [6, 6.07) is 10.4. The standard InChI is InChI=1S/C17H18ClFN2O4S/c1-25-11-12-4-3-5-13(8-12)20-17(22)10-21(26(2,23)24)14-6-7-16(19)15(18)9-14/h3-9H,10-11H2,1-2H3,(H,20,22). The summed E-state index contributed by atoms with van der Waals surface area (Å²) in [5, 5.41) is 2.40. The number of benzene rings is 2. The number of sulfonamides is 1. The minimum Gasteiger partial charge on any atom is -0.380 e. The molecule has 1 amide bonds. The van der Waals surface area contributed by atoms with E-state index in [-0.39, 0.29) is 10.7 Å². The number of hydrogen-bond donors (Lipinski definition) is 1. The van der Waals surface area contributed by atoms with Crippen LogP contribution in [0.5, 0.6) is 0 Å². The van der Waals surface area contributed by atoms with Crippen molar-refractivity contribution in [1.29, 1.82) is 0 Å². The van der Waals surface area contributed by atoms with Crippen LogP contribution in [0.4, 0.5) is 15.8 Å². The maximum absolute atomic E-state index is 13.3. The zero-order valence-electron chi connectivity index (χ0n) is 14.2. The summed E-state index contributed by atoms with van der Waals surface area (Å²) in [5.41, 5.74) is 1.47. The van der Waals surface area contributed by atoms with Gasteiger partial charge in [0.1, 0.15) is 12.4 Å². The molecule has 26 heavy (non-hydrogen) atoms. The Labute approximate surface area is 156 Å². The maximum atomic E-state index is 13.3. The molecule has 0 unspecified atom stereocenters. The predicted molar refractivity (Wildman–Crippen MR) is 99.4 cm³/mol. The average molecular weight is 401 g/mol. The van der Waals surface area contributed by atoms with E-state index in [4.69, 9.17) is 16.3 Å². The van der Waals surface area contributed by atoms with Crippen LogP contribution in [0.15, 0.2) is 42.5 Å². The summed E-state index contributed by atoms with van der Waals surface area (Å²) in [6.07, 6.45) is 0.955. The van der Waals surface area contributed by atoms with Crippen molar-refractivity contribution in [3.05, 3.63) is 58.9 Å². The molecule has 0 fully saturated rings. The number of methoxy groups -OCH3 is 1. The zero-order valence-corrected chi connectivity index (χ0v) is 15.8. The lowest BCUT2D eigenvalue weighted by atomic mass is 10.2. The highest BCUT2D eigenvalue weighted by Crippen LogP contribution is 2.24. The SMILES string of the molecule is COCc1cccc(NC(=O)CN(c2ccc(F)c(Cl)c2)S(C)(=O)=O)c1. The van der Waals surface area contributed by atoms with E-state index in [2.05, 4.69) is 5.32 Å². The van der Waals surface area contributed by atoms with Crippen LogP contribution in [0.1, 0.15) is 5.56 Å². The third kappa shape index (κ3) is 5.42. The van der Waals surface area contributed by atoms with E-state index in [1.165, 1.54) is 6.07 Å². The molecule has 0 heterocycles. The van der Waals surface area contributed by atoms with Crippen LogP contribution >= 0.6 is 11.6 Å². The van der Waals surface area contributed by atoms with Gasteiger partial charge in [-0.25, -0.2) is 12.8 Å². The van der Waals surface area contributed by atoms with Gasteiger partial charge in [-0.3, -0.25) is 9.10 Å². The van der Waals surface area contributed by atoms with Gasteiger partial charge >= 0.3 is 0 Å². The minimum absolute atomic E-state index is 0.0992. The van der Waals surface area contributed by atoms with Crippen LogP contribution in [-0.4, -0.2) is 34.2 Å². The number of amides is 1. The fourth-order valence-corrected chi connectivity index (χ4v) is 3.30. The highest BCUT2D eigenvalue weighted by atomic mass is 35.5. The molecule has 9 heteroatoms. The number of rotatable bonds is 7. The van der Waals surface area contributed by atoms with E-state index in [0.29, 0.717) is 12.3 Å².